The molecule has 0 atom stereocenters. The van der Waals surface area contributed by atoms with Gasteiger partial charge in [-0.05, 0) is 33.0 Å². The molecular weight excluding hydrogens is 454 g/mol. The van der Waals surface area contributed by atoms with E-state index >= 15 is 0 Å². The summed E-state index contributed by atoms with van der Waals surface area (Å²) in [6, 6.07) is 7.44. The van der Waals surface area contributed by atoms with E-state index in [1.807, 2.05) is 44.0 Å². The topological polar surface area (TPSA) is 95.4 Å². The molecule has 1 saturated carbocycles. The Kier molecular flexibility index (Phi) is 5.54. The molecule has 0 unspecified atom stereocenters. The Balaban J connectivity index is 1.50. The molecule has 3 aromatic rings. The molecule has 1 aliphatic carbocycles. The van der Waals surface area contributed by atoms with E-state index in [1.54, 1.807) is 6.07 Å². The lowest BCUT2D eigenvalue weighted by Gasteiger charge is -2.29. The molecule has 1 amide bonds. The van der Waals surface area contributed by atoms with E-state index in [0.29, 0.717) is 18.1 Å². The third kappa shape index (κ3) is 4.83. The van der Waals surface area contributed by atoms with Crippen molar-refractivity contribution in [3.63, 3.8) is 0 Å². The lowest BCUT2D eigenvalue weighted by Crippen LogP contribution is -2.22. The maximum Gasteiger partial charge on any atom is 0.228 e. The van der Waals surface area contributed by atoms with Crippen molar-refractivity contribution in [2.45, 2.75) is 39.2 Å². The van der Waals surface area contributed by atoms with Crippen LogP contribution in [0.5, 0.6) is 0 Å². The van der Waals surface area contributed by atoms with Crippen molar-refractivity contribution in [1.29, 1.82) is 0 Å². The number of Topliss-reactive ketones (excluding diaryl/α,β-unsaturated/α-hetero) is 1. The Morgan fingerprint density at radius 1 is 1.25 bits per heavy atom. The fourth-order valence-electron chi connectivity index (χ4n) is 4.47. The number of rotatable bonds is 9. The first-order valence-corrected chi connectivity index (χ1v) is 12.2. The summed E-state index contributed by atoms with van der Waals surface area (Å²) < 4.78 is 24.7. The Hall–Kier alpha value is -3.72. The molecule has 9 nitrogen and oxygen atoms in total. The van der Waals surface area contributed by atoms with E-state index in [4.69, 9.17) is 9.21 Å². The highest BCUT2D eigenvalue weighted by Crippen LogP contribution is 2.43. The number of ketones is 1. The zero-order valence-corrected chi connectivity index (χ0v) is 20.8. The Bertz CT molecular complexity index is 1410. The lowest BCUT2D eigenvalue weighted by atomic mass is 9.99. The van der Waals surface area contributed by atoms with Crippen molar-refractivity contribution >= 4 is 34.6 Å². The number of nitrogens with one attached hydrogen (secondary N) is 2. The fraction of sp³-hybridized carbons (Fsp3) is 0.407. The molecule has 188 valence electrons. The van der Waals surface area contributed by atoms with Gasteiger partial charge in [0.25, 0.3) is 0 Å². The van der Waals surface area contributed by atoms with Gasteiger partial charge >= 0.3 is 0 Å². The molecule has 1 aliphatic heterocycles. The van der Waals surface area contributed by atoms with Gasteiger partial charge in [-0.3, -0.25) is 14.3 Å². The third-order valence-electron chi connectivity index (χ3n) is 6.53. The standard InChI is InChI=1S/C27H33N7O2/c1-5-23(35)20-14-28-24(30-27(36)17-9-10-17)13-22(20)29-21-8-6-7-19-25-18(15-33(4)26(19)21)16-34(31-25)12-11-32(2)3/h6-8,13-14,16-17H,5,9-12,15H2,1-4H3,(H2,28,29,30,36)/i1D3. The molecule has 2 aromatic heterocycles. The fourth-order valence-corrected chi connectivity index (χ4v) is 4.47. The number of nitrogens with zero attached hydrogens (tertiary/aromatic N) is 5. The second-order valence-electron chi connectivity index (χ2n) is 9.73. The second kappa shape index (κ2) is 9.73. The van der Waals surface area contributed by atoms with E-state index in [2.05, 4.69) is 31.6 Å². The smallest absolute Gasteiger partial charge is 0.228 e. The number of fused-ring (bicyclic) bond motifs is 3. The normalized spacial score (nSPS) is 16.0. The lowest BCUT2D eigenvalue weighted by molar-refractivity contribution is -0.117. The zero-order valence-electron chi connectivity index (χ0n) is 23.8. The monoisotopic (exact) mass is 490 g/mol. The van der Waals surface area contributed by atoms with Gasteiger partial charge in [0.05, 0.1) is 34.9 Å². The summed E-state index contributed by atoms with van der Waals surface area (Å²) in [6.07, 6.45) is 4.50. The minimum Gasteiger partial charge on any atom is -0.368 e. The second-order valence-corrected chi connectivity index (χ2v) is 9.73. The van der Waals surface area contributed by atoms with Gasteiger partial charge in [-0.15, -0.1) is 0 Å². The molecule has 5 rings (SSSR count). The van der Waals surface area contributed by atoms with Crippen molar-refractivity contribution < 1.29 is 13.7 Å². The predicted molar refractivity (Wildman–Crippen MR) is 142 cm³/mol. The number of amides is 1. The Morgan fingerprint density at radius 3 is 2.83 bits per heavy atom. The van der Waals surface area contributed by atoms with Crippen LogP contribution in [0.4, 0.5) is 22.9 Å². The summed E-state index contributed by atoms with van der Waals surface area (Å²) in [7, 11) is 6.06. The van der Waals surface area contributed by atoms with Crippen LogP contribution in [0, 0.1) is 5.92 Å². The first kappa shape index (κ1) is 20.5. The van der Waals surface area contributed by atoms with E-state index in [0.717, 1.165) is 54.1 Å². The first-order chi connectivity index (χ1) is 18.5. The predicted octanol–water partition coefficient (Wildman–Crippen LogP) is 4.14. The first-order valence-electron chi connectivity index (χ1n) is 13.7. The van der Waals surface area contributed by atoms with E-state index in [9.17, 15) is 9.59 Å². The van der Waals surface area contributed by atoms with Crippen molar-refractivity contribution in [2.24, 2.45) is 5.92 Å². The number of aromatic nitrogens is 3. The molecule has 2 N–H and O–H groups in total. The van der Waals surface area contributed by atoms with Crippen LogP contribution >= 0.6 is 0 Å². The average molecular weight is 491 g/mol. The highest BCUT2D eigenvalue weighted by Gasteiger charge is 2.30. The summed E-state index contributed by atoms with van der Waals surface area (Å²) in [5.41, 5.74) is 5.18. The molecule has 36 heavy (non-hydrogen) atoms. The average Bonchev–Trinajstić information content (AvgIpc) is 3.62. The molecule has 0 spiro atoms. The highest BCUT2D eigenvalue weighted by molar-refractivity contribution is 6.03. The van der Waals surface area contributed by atoms with Crippen LogP contribution < -0.4 is 15.5 Å². The molecule has 0 radical (unpaired) electrons. The minimum absolute atomic E-state index is 0.0124. The van der Waals surface area contributed by atoms with Crippen molar-refractivity contribution in [3.05, 3.63) is 47.8 Å². The Labute approximate surface area is 215 Å². The molecule has 1 fully saturated rings. The number of para-hydroxylation sites is 1. The van der Waals surface area contributed by atoms with Crippen molar-refractivity contribution in [2.75, 3.05) is 43.2 Å². The van der Waals surface area contributed by atoms with Crippen molar-refractivity contribution in [3.8, 4) is 11.3 Å². The van der Waals surface area contributed by atoms with Crippen molar-refractivity contribution in [1.82, 2.24) is 19.7 Å². The van der Waals surface area contributed by atoms with E-state index in [-0.39, 0.29) is 17.4 Å². The summed E-state index contributed by atoms with van der Waals surface area (Å²) in [4.78, 5) is 33.8. The molecule has 2 aliphatic rings. The van der Waals surface area contributed by atoms with Gasteiger partial charge in [-0.2, -0.15) is 5.10 Å². The number of anilines is 4. The number of hydrogen-bond acceptors (Lipinski definition) is 7. The van der Waals surface area contributed by atoms with Gasteiger partial charge < -0.3 is 20.4 Å². The van der Waals surface area contributed by atoms with Gasteiger partial charge in [0, 0.05) is 66.2 Å². The van der Waals surface area contributed by atoms with E-state index < -0.39 is 19.1 Å². The summed E-state index contributed by atoms with van der Waals surface area (Å²) in [6.45, 7) is -0.105. The number of carbonyl (C=O) groups is 2. The zero-order chi connectivity index (χ0) is 27.9. The highest BCUT2D eigenvalue weighted by atomic mass is 16.2. The van der Waals surface area contributed by atoms with Crippen LogP contribution in [0.25, 0.3) is 11.3 Å². The largest absolute Gasteiger partial charge is 0.368 e. The van der Waals surface area contributed by atoms with Gasteiger partial charge in [0.2, 0.25) is 5.91 Å². The molecule has 0 saturated heterocycles. The van der Waals surface area contributed by atoms with Gasteiger partial charge in [-0.25, -0.2) is 4.98 Å². The van der Waals surface area contributed by atoms with Gasteiger partial charge in [-0.1, -0.05) is 19.0 Å². The number of benzene rings is 1. The Morgan fingerprint density at radius 2 is 2.08 bits per heavy atom. The van der Waals surface area contributed by atoms with E-state index in [1.165, 1.54) is 6.20 Å². The van der Waals surface area contributed by atoms with Crippen LogP contribution in [-0.4, -0.2) is 59.0 Å². The van der Waals surface area contributed by atoms with Gasteiger partial charge in [0.1, 0.15) is 5.82 Å². The third-order valence-corrected chi connectivity index (χ3v) is 6.53. The number of hydrogen-bond donors (Lipinski definition) is 2. The van der Waals surface area contributed by atoms with Crippen LogP contribution in [0.1, 0.15) is 46.1 Å². The maximum absolute atomic E-state index is 13.0. The summed E-state index contributed by atoms with van der Waals surface area (Å²) >= 11 is 0. The van der Waals surface area contributed by atoms with Crippen LogP contribution in [0.3, 0.4) is 0 Å². The van der Waals surface area contributed by atoms with Crippen LogP contribution in [0.2, 0.25) is 0 Å². The number of carbonyl (C=O) groups excluding carboxylic acids is 2. The minimum atomic E-state index is -2.42. The molecule has 3 heterocycles. The van der Waals surface area contributed by atoms with Crippen LogP contribution in [-0.2, 0) is 17.9 Å². The quantitative estimate of drug-likeness (QED) is 0.435. The summed E-state index contributed by atoms with van der Waals surface area (Å²) in [5, 5.41) is 11.0. The molecule has 0 bridgehead atoms. The molecular formula is C27H33N7O2. The number of pyridine rings is 1. The number of likely N-dealkylation sites (N-methyl/N-ethyl adjacent to an activating group) is 1. The van der Waals surface area contributed by atoms with Crippen LogP contribution in [0.15, 0.2) is 36.7 Å². The molecule has 1 aromatic carbocycles. The maximum atomic E-state index is 13.0. The molecule has 9 heteroatoms. The van der Waals surface area contributed by atoms with Gasteiger partial charge in [0.15, 0.2) is 5.78 Å². The SMILES string of the molecule is [2H]C([2H])([2H])CC(=O)c1cnc(NC(=O)C2CC2)cc1Nc1cccc2c1N(C)Cc1cn(CCN(C)C)nc1-2. The summed E-state index contributed by atoms with van der Waals surface area (Å²) in [5.74, 6) is -0.365.